The Hall–Kier alpha value is -2.34. The van der Waals surface area contributed by atoms with Gasteiger partial charge < -0.3 is 15.0 Å². The lowest BCUT2D eigenvalue weighted by Crippen LogP contribution is -2.36. The normalized spacial score (nSPS) is 14.3. The van der Waals surface area contributed by atoms with Gasteiger partial charge in [-0.1, -0.05) is 11.6 Å². The maximum absolute atomic E-state index is 12.4. The number of carbonyl (C=O) groups excluding carboxylic acids is 1. The summed E-state index contributed by atoms with van der Waals surface area (Å²) in [5, 5.41) is 3.61. The van der Waals surface area contributed by atoms with Crippen LogP contribution < -0.4 is 10.1 Å². The standard InChI is InChI=1S/C17H19ClN4O2/c1-24-15-6-5-12(9-13(15)18)21-16-11-19-14(10-20-16)17(23)22-7-3-2-4-8-22/h5-6,9-11H,2-4,7-8H2,1H3,(H,20,21). The summed E-state index contributed by atoms with van der Waals surface area (Å²) >= 11 is 6.10. The summed E-state index contributed by atoms with van der Waals surface area (Å²) in [5.41, 5.74) is 1.14. The molecule has 0 saturated carbocycles. The Morgan fingerprint density at radius 1 is 1.21 bits per heavy atom. The molecule has 1 aliphatic heterocycles. The predicted molar refractivity (Wildman–Crippen MR) is 93.1 cm³/mol. The number of halogens is 1. The Labute approximate surface area is 145 Å². The number of rotatable bonds is 4. The predicted octanol–water partition coefficient (Wildman–Crippen LogP) is 3.51. The van der Waals surface area contributed by atoms with Gasteiger partial charge in [0.25, 0.3) is 5.91 Å². The monoisotopic (exact) mass is 346 g/mol. The molecule has 126 valence electrons. The van der Waals surface area contributed by atoms with Gasteiger partial charge in [0.2, 0.25) is 0 Å². The minimum absolute atomic E-state index is 0.0544. The van der Waals surface area contributed by atoms with Crippen molar-refractivity contribution in [3.05, 3.63) is 41.3 Å². The van der Waals surface area contributed by atoms with E-state index in [1.165, 1.54) is 12.6 Å². The second-order valence-electron chi connectivity index (χ2n) is 5.61. The molecule has 0 aliphatic carbocycles. The highest BCUT2D eigenvalue weighted by Crippen LogP contribution is 2.28. The highest BCUT2D eigenvalue weighted by molar-refractivity contribution is 6.32. The van der Waals surface area contributed by atoms with Crippen LogP contribution in [0.4, 0.5) is 11.5 Å². The van der Waals surface area contributed by atoms with Crippen molar-refractivity contribution in [3.63, 3.8) is 0 Å². The molecule has 0 bridgehead atoms. The van der Waals surface area contributed by atoms with Gasteiger partial charge in [0, 0.05) is 18.8 Å². The molecule has 1 aliphatic rings. The minimum Gasteiger partial charge on any atom is -0.495 e. The van der Waals surface area contributed by atoms with Crippen molar-refractivity contribution >= 4 is 29.0 Å². The fourth-order valence-corrected chi connectivity index (χ4v) is 2.91. The zero-order chi connectivity index (χ0) is 16.9. The van der Waals surface area contributed by atoms with E-state index in [-0.39, 0.29) is 5.91 Å². The van der Waals surface area contributed by atoms with Crippen molar-refractivity contribution in [2.24, 2.45) is 0 Å². The number of hydrogen-bond donors (Lipinski definition) is 1. The van der Waals surface area contributed by atoms with Crippen LogP contribution >= 0.6 is 11.6 Å². The molecule has 0 atom stereocenters. The average Bonchev–Trinajstić information content (AvgIpc) is 2.63. The second-order valence-corrected chi connectivity index (χ2v) is 6.02. The summed E-state index contributed by atoms with van der Waals surface area (Å²) in [6, 6.07) is 5.35. The molecule has 1 fully saturated rings. The number of nitrogens with zero attached hydrogens (tertiary/aromatic N) is 3. The maximum atomic E-state index is 12.4. The number of likely N-dealkylation sites (tertiary alicyclic amines) is 1. The first-order valence-electron chi connectivity index (χ1n) is 7.89. The third-order valence-electron chi connectivity index (χ3n) is 3.94. The van der Waals surface area contributed by atoms with Gasteiger partial charge in [-0.05, 0) is 37.5 Å². The fourth-order valence-electron chi connectivity index (χ4n) is 2.65. The van der Waals surface area contributed by atoms with Crippen LogP contribution in [0.2, 0.25) is 5.02 Å². The van der Waals surface area contributed by atoms with E-state index in [4.69, 9.17) is 16.3 Å². The largest absolute Gasteiger partial charge is 0.495 e. The first kappa shape index (κ1) is 16.5. The Balaban J connectivity index is 1.68. The topological polar surface area (TPSA) is 67.3 Å². The molecule has 2 aromatic rings. The number of benzene rings is 1. The summed E-state index contributed by atoms with van der Waals surface area (Å²) in [4.78, 5) is 22.7. The van der Waals surface area contributed by atoms with Crippen LogP contribution in [0.1, 0.15) is 29.8 Å². The molecule has 7 heteroatoms. The third kappa shape index (κ3) is 3.76. The summed E-state index contributed by atoms with van der Waals surface area (Å²) in [7, 11) is 1.57. The fraction of sp³-hybridized carbons (Fsp3) is 0.353. The van der Waals surface area contributed by atoms with Crippen LogP contribution in [0.5, 0.6) is 5.75 Å². The van der Waals surface area contributed by atoms with E-state index >= 15 is 0 Å². The van der Waals surface area contributed by atoms with E-state index in [0.717, 1.165) is 31.6 Å². The summed E-state index contributed by atoms with van der Waals surface area (Å²) in [6.07, 6.45) is 6.34. The van der Waals surface area contributed by atoms with Gasteiger partial charge in [0.1, 0.15) is 17.3 Å². The number of carbonyl (C=O) groups is 1. The molecule has 0 unspecified atom stereocenters. The number of hydrogen-bond acceptors (Lipinski definition) is 5. The van der Waals surface area contributed by atoms with Gasteiger partial charge >= 0.3 is 0 Å². The maximum Gasteiger partial charge on any atom is 0.274 e. The highest BCUT2D eigenvalue weighted by Gasteiger charge is 2.19. The lowest BCUT2D eigenvalue weighted by Gasteiger charge is -2.26. The highest BCUT2D eigenvalue weighted by atomic mass is 35.5. The van der Waals surface area contributed by atoms with Crippen molar-refractivity contribution in [1.29, 1.82) is 0 Å². The smallest absolute Gasteiger partial charge is 0.274 e. The molecule has 2 heterocycles. The van der Waals surface area contributed by atoms with E-state index in [2.05, 4.69) is 15.3 Å². The molecule has 1 N–H and O–H groups in total. The number of anilines is 2. The molecule has 3 rings (SSSR count). The van der Waals surface area contributed by atoms with E-state index in [1.807, 2.05) is 11.0 Å². The minimum atomic E-state index is -0.0544. The molecular formula is C17H19ClN4O2. The first-order chi connectivity index (χ1) is 11.7. The number of methoxy groups -OCH3 is 1. The molecule has 0 radical (unpaired) electrons. The van der Waals surface area contributed by atoms with E-state index in [9.17, 15) is 4.79 Å². The van der Waals surface area contributed by atoms with Gasteiger partial charge in [-0.15, -0.1) is 0 Å². The molecule has 1 aromatic carbocycles. The second kappa shape index (κ2) is 7.49. The van der Waals surface area contributed by atoms with Crippen molar-refractivity contribution in [1.82, 2.24) is 14.9 Å². The number of amides is 1. The number of piperidine rings is 1. The van der Waals surface area contributed by atoms with E-state index in [1.54, 1.807) is 25.4 Å². The SMILES string of the molecule is COc1ccc(Nc2cnc(C(=O)N3CCCCC3)cn2)cc1Cl. The molecule has 1 aromatic heterocycles. The molecular weight excluding hydrogens is 328 g/mol. The quantitative estimate of drug-likeness (QED) is 0.917. The zero-order valence-electron chi connectivity index (χ0n) is 13.5. The van der Waals surface area contributed by atoms with Gasteiger partial charge in [-0.25, -0.2) is 9.97 Å². The Morgan fingerprint density at radius 3 is 2.62 bits per heavy atom. The molecule has 1 amide bonds. The number of aromatic nitrogens is 2. The van der Waals surface area contributed by atoms with Crippen LogP contribution in [0.15, 0.2) is 30.6 Å². The Bertz CT molecular complexity index is 715. The van der Waals surface area contributed by atoms with Crippen molar-refractivity contribution in [2.75, 3.05) is 25.5 Å². The lowest BCUT2D eigenvalue weighted by atomic mass is 10.1. The molecule has 24 heavy (non-hydrogen) atoms. The summed E-state index contributed by atoms with van der Waals surface area (Å²) in [6.45, 7) is 1.59. The lowest BCUT2D eigenvalue weighted by molar-refractivity contribution is 0.0718. The number of ether oxygens (including phenoxy) is 1. The van der Waals surface area contributed by atoms with Gasteiger partial charge in [0.15, 0.2) is 0 Å². The van der Waals surface area contributed by atoms with Gasteiger partial charge in [0.05, 0.1) is 24.5 Å². The molecule has 6 nitrogen and oxygen atoms in total. The van der Waals surface area contributed by atoms with Crippen LogP contribution in [0.3, 0.4) is 0 Å². The van der Waals surface area contributed by atoms with Gasteiger partial charge in [-0.3, -0.25) is 4.79 Å². The molecule has 0 spiro atoms. The van der Waals surface area contributed by atoms with E-state index in [0.29, 0.717) is 22.3 Å². The Kier molecular flexibility index (Phi) is 5.15. The van der Waals surface area contributed by atoms with Gasteiger partial charge in [-0.2, -0.15) is 0 Å². The Morgan fingerprint density at radius 2 is 2.00 bits per heavy atom. The summed E-state index contributed by atoms with van der Waals surface area (Å²) < 4.78 is 5.12. The van der Waals surface area contributed by atoms with Crippen LogP contribution in [-0.4, -0.2) is 41.0 Å². The van der Waals surface area contributed by atoms with E-state index < -0.39 is 0 Å². The average molecular weight is 347 g/mol. The molecule has 1 saturated heterocycles. The van der Waals surface area contributed by atoms with Crippen molar-refractivity contribution < 1.29 is 9.53 Å². The van der Waals surface area contributed by atoms with Crippen LogP contribution in [0, 0.1) is 0 Å². The van der Waals surface area contributed by atoms with Crippen molar-refractivity contribution in [2.45, 2.75) is 19.3 Å². The first-order valence-corrected chi connectivity index (χ1v) is 8.27. The number of nitrogens with one attached hydrogen (secondary N) is 1. The summed E-state index contributed by atoms with van der Waals surface area (Å²) in [5.74, 6) is 1.10. The van der Waals surface area contributed by atoms with Crippen LogP contribution in [-0.2, 0) is 0 Å². The van der Waals surface area contributed by atoms with Crippen molar-refractivity contribution in [3.8, 4) is 5.75 Å². The van der Waals surface area contributed by atoms with Crippen LogP contribution in [0.25, 0.3) is 0 Å². The third-order valence-corrected chi connectivity index (χ3v) is 4.23. The zero-order valence-corrected chi connectivity index (χ0v) is 14.2.